The van der Waals surface area contributed by atoms with Gasteiger partial charge >= 0.3 is 11.9 Å². The topological polar surface area (TPSA) is 277 Å². The minimum Gasteiger partial charge on any atom is -0.481 e. The van der Waals surface area contributed by atoms with Crippen molar-refractivity contribution < 1.29 is 53.2 Å². The summed E-state index contributed by atoms with van der Waals surface area (Å²) >= 11 is 0. The zero-order valence-electron chi connectivity index (χ0n) is 32.0. The van der Waals surface area contributed by atoms with Gasteiger partial charge in [-0.15, -0.1) is 0 Å². The Labute approximate surface area is 312 Å². The SMILES string of the molecule is CNCC1CCC(C(=O)N[C@@H](CCC(=O)N[C@@H](CCC(=O)O)C(=O)C(C)(C)NCCOCCOCC(=O)C(C)(C)NCC(=O)NCCN)C(=O)O)CC1. The Morgan fingerprint density at radius 2 is 1.42 bits per heavy atom. The van der Waals surface area contributed by atoms with Crippen LogP contribution in [0.3, 0.4) is 0 Å². The largest absolute Gasteiger partial charge is 0.481 e. The summed E-state index contributed by atoms with van der Waals surface area (Å²) in [6.45, 7) is 8.41. The Kier molecular flexibility index (Phi) is 22.1. The van der Waals surface area contributed by atoms with Crippen LogP contribution in [-0.4, -0.2) is 141 Å². The number of hydrogen-bond donors (Lipinski definition) is 9. The van der Waals surface area contributed by atoms with Crippen LogP contribution in [0.15, 0.2) is 0 Å². The Morgan fingerprint density at radius 1 is 0.774 bits per heavy atom. The van der Waals surface area contributed by atoms with Crippen LogP contribution in [0.4, 0.5) is 0 Å². The molecule has 2 atom stereocenters. The van der Waals surface area contributed by atoms with Crippen LogP contribution >= 0.6 is 0 Å². The van der Waals surface area contributed by atoms with Crippen molar-refractivity contribution in [3.63, 3.8) is 0 Å². The van der Waals surface area contributed by atoms with Gasteiger partial charge in [0.2, 0.25) is 17.7 Å². The van der Waals surface area contributed by atoms with Crippen LogP contribution in [0, 0.1) is 11.8 Å². The number of carbonyl (C=O) groups is 7. The molecule has 0 aliphatic heterocycles. The van der Waals surface area contributed by atoms with E-state index in [9.17, 15) is 43.8 Å². The maximum atomic E-state index is 13.5. The molecule has 53 heavy (non-hydrogen) atoms. The first-order valence-electron chi connectivity index (χ1n) is 18.3. The van der Waals surface area contributed by atoms with Gasteiger partial charge in [0.15, 0.2) is 11.6 Å². The number of carbonyl (C=O) groups excluding carboxylic acids is 5. The second-order valence-electron chi connectivity index (χ2n) is 14.4. The van der Waals surface area contributed by atoms with Gasteiger partial charge in [0, 0.05) is 38.4 Å². The van der Waals surface area contributed by atoms with Gasteiger partial charge in [-0.3, -0.25) is 34.1 Å². The predicted molar refractivity (Wildman–Crippen MR) is 195 cm³/mol. The van der Waals surface area contributed by atoms with Crippen LogP contribution in [0.1, 0.15) is 79.1 Å². The summed E-state index contributed by atoms with van der Waals surface area (Å²) in [5, 5.41) is 35.7. The normalized spacial score (nSPS) is 17.3. The molecule has 1 saturated carbocycles. The molecular weight excluding hydrogens is 694 g/mol. The third-order valence-electron chi connectivity index (χ3n) is 9.17. The summed E-state index contributed by atoms with van der Waals surface area (Å²) in [4.78, 5) is 86.6. The van der Waals surface area contributed by atoms with Crippen molar-refractivity contribution in [3.8, 4) is 0 Å². The maximum Gasteiger partial charge on any atom is 0.326 e. The number of carboxylic acids is 2. The van der Waals surface area contributed by atoms with E-state index in [2.05, 4.69) is 31.9 Å². The Hall–Kier alpha value is -3.55. The Bertz CT molecular complexity index is 1210. The fourth-order valence-corrected chi connectivity index (χ4v) is 5.74. The lowest BCUT2D eigenvalue weighted by molar-refractivity contribution is -0.143. The first kappa shape index (κ1) is 47.5. The number of nitrogens with two attached hydrogens (primary N) is 1. The zero-order chi connectivity index (χ0) is 40.0. The molecule has 1 aliphatic rings. The fraction of sp³-hybridized carbons (Fsp3) is 0.800. The summed E-state index contributed by atoms with van der Waals surface area (Å²) in [5.74, 6) is -4.26. The average molecular weight is 758 g/mol. The Balaban J connectivity index is 2.53. The third-order valence-corrected chi connectivity index (χ3v) is 9.17. The molecule has 0 aromatic heterocycles. The van der Waals surface area contributed by atoms with E-state index < -0.39 is 46.8 Å². The van der Waals surface area contributed by atoms with Gasteiger partial charge in [-0.2, -0.15) is 0 Å². The molecule has 0 aromatic carbocycles. The molecule has 0 saturated heterocycles. The number of nitrogens with one attached hydrogen (secondary N) is 6. The molecule has 0 unspecified atom stereocenters. The van der Waals surface area contributed by atoms with E-state index in [1.165, 1.54) is 0 Å². The number of amides is 3. The van der Waals surface area contributed by atoms with Gasteiger partial charge in [-0.05, 0) is 85.7 Å². The van der Waals surface area contributed by atoms with E-state index in [0.29, 0.717) is 31.8 Å². The summed E-state index contributed by atoms with van der Waals surface area (Å²) in [6.07, 6.45) is 1.95. The molecule has 0 radical (unpaired) electrons. The molecule has 1 rings (SSSR count). The minimum atomic E-state index is -1.30. The molecule has 304 valence electrons. The summed E-state index contributed by atoms with van der Waals surface area (Å²) in [7, 11) is 1.88. The van der Waals surface area contributed by atoms with Crippen molar-refractivity contribution in [3.05, 3.63) is 0 Å². The van der Waals surface area contributed by atoms with Crippen molar-refractivity contribution in [1.82, 2.24) is 31.9 Å². The van der Waals surface area contributed by atoms with E-state index in [0.717, 1.165) is 19.4 Å². The van der Waals surface area contributed by atoms with E-state index in [1.54, 1.807) is 27.7 Å². The second kappa shape index (κ2) is 24.7. The van der Waals surface area contributed by atoms with Gasteiger partial charge in [-0.1, -0.05) is 0 Å². The fourth-order valence-electron chi connectivity index (χ4n) is 5.74. The highest BCUT2D eigenvalue weighted by molar-refractivity contribution is 5.95. The van der Waals surface area contributed by atoms with Crippen LogP contribution in [0.5, 0.6) is 0 Å². The molecule has 0 spiro atoms. The minimum absolute atomic E-state index is 0.0485. The highest BCUT2D eigenvalue weighted by Crippen LogP contribution is 2.28. The molecule has 1 fully saturated rings. The number of rotatable bonds is 29. The van der Waals surface area contributed by atoms with E-state index >= 15 is 0 Å². The average Bonchev–Trinajstić information content (AvgIpc) is 3.10. The van der Waals surface area contributed by atoms with E-state index in [4.69, 9.17) is 15.2 Å². The predicted octanol–water partition coefficient (Wildman–Crippen LogP) is -1.31. The van der Waals surface area contributed by atoms with Gasteiger partial charge in [-0.25, -0.2) is 4.79 Å². The summed E-state index contributed by atoms with van der Waals surface area (Å²) < 4.78 is 10.9. The first-order valence-corrected chi connectivity index (χ1v) is 18.3. The molecule has 10 N–H and O–H groups in total. The van der Waals surface area contributed by atoms with Gasteiger partial charge < -0.3 is 52.0 Å². The quantitative estimate of drug-likeness (QED) is 0.0401. The van der Waals surface area contributed by atoms with Crippen molar-refractivity contribution in [2.45, 2.75) is 102 Å². The standard InChI is InChI=1S/C35H63N7O11/c1-34(2,40-21-29(45)38-15-14-36)27(43)22-53-19-18-52-17-16-39-35(3,4)31(48)25(11-13-30(46)47)41-28(44)12-10-26(33(50)51)42-32(49)24-8-6-23(7-9-24)20-37-5/h23-26,37,39-40H,6-22,36H2,1-5H3,(H,38,45)(H,41,44)(H,42,49)(H,46,47)(H,50,51)/t23?,24?,25-,26-/m0/s1. The first-order chi connectivity index (χ1) is 24.9. The van der Waals surface area contributed by atoms with Crippen LogP contribution in [0.25, 0.3) is 0 Å². The Morgan fingerprint density at radius 3 is 2.02 bits per heavy atom. The molecule has 0 aromatic rings. The number of hydrogen-bond acceptors (Lipinski definition) is 13. The number of carboxylic acid groups (broad SMARTS) is 2. The summed E-state index contributed by atoms with van der Waals surface area (Å²) in [5.41, 5.74) is 3.16. The van der Waals surface area contributed by atoms with Crippen molar-refractivity contribution in [2.24, 2.45) is 17.6 Å². The monoisotopic (exact) mass is 757 g/mol. The molecular formula is C35H63N7O11. The number of ketones is 2. The smallest absolute Gasteiger partial charge is 0.326 e. The van der Waals surface area contributed by atoms with Crippen molar-refractivity contribution in [2.75, 3.05) is 66.2 Å². The molecule has 18 heteroatoms. The van der Waals surface area contributed by atoms with Gasteiger partial charge in [0.05, 0.1) is 43.5 Å². The lowest BCUT2D eigenvalue weighted by Crippen LogP contribution is -2.56. The zero-order valence-corrected chi connectivity index (χ0v) is 32.0. The van der Waals surface area contributed by atoms with Crippen molar-refractivity contribution in [1.29, 1.82) is 0 Å². The van der Waals surface area contributed by atoms with Crippen LogP contribution < -0.4 is 37.6 Å². The third kappa shape index (κ3) is 19.4. The lowest BCUT2D eigenvalue weighted by atomic mass is 9.81. The highest BCUT2D eigenvalue weighted by atomic mass is 16.5. The van der Waals surface area contributed by atoms with Crippen LogP contribution in [0.2, 0.25) is 0 Å². The lowest BCUT2D eigenvalue weighted by Gasteiger charge is -2.30. The number of ether oxygens (including phenoxy) is 2. The van der Waals surface area contributed by atoms with E-state index in [1.807, 2.05) is 7.05 Å². The van der Waals surface area contributed by atoms with Gasteiger partial charge in [0.1, 0.15) is 12.6 Å². The number of aliphatic carboxylic acids is 2. The van der Waals surface area contributed by atoms with Gasteiger partial charge in [0.25, 0.3) is 0 Å². The van der Waals surface area contributed by atoms with Crippen LogP contribution in [-0.2, 0) is 43.0 Å². The van der Waals surface area contributed by atoms with E-state index in [-0.39, 0.29) is 88.7 Å². The molecule has 18 nitrogen and oxygen atoms in total. The molecule has 3 amide bonds. The number of Topliss-reactive ketones (excluding diaryl/α,β-unsaturated/α-hetero) is 2. The summed E-state index contributed by atoms with van der Waals surface area (Å²) in [6, 6.07) is -2.46. The second-order valence-corrected chi connectivity index (χ2v) is 14.4. The highest BCUT2D eigenvalue weighted by Gasteiger charge is 2.35. The van der Waals surface area contributed by atoms with Crippen molar-refractivity contribution >= 4 is 41.2 Å². The maximum absolute atomic E-state index is 13.5. The molecule has 0 bridgehead atoms. The molecule has 0 heterocycles. The molecule has 1 aliphatic carbocycles.